The molecule has 0 aliphatic carbocycles. The van der Waals surface area contributed by atoms with Crippen LogP contribution in [0.1, 0.15) is 49.2 Å². The SMILES string of the molecule is COC(=O)C[n+]1cccc(C(=O)N2C=C(c3ccccc3)N([C@H](C(N)=O)C(Cc3ccccc3)C(=O)C3=NC(C)(C)CO3)C(=O)C2C(C)C)c1.[Br-]. The van der Waals surface area contributed by atoms with Gasteiger partial charge in [0.1, 0.15) is 24.3 Å². The Balaban J connectivity index is 0.00000583. The number of Topliss-reactive ketones (excluding diaryl/α,β-unsaturated/α-hetero) is 1. The molecule has 268 valence electrons. The number of hydrogen-bond donors (Lipinski definition) is 1. The summed E-state index contributed by atoms with van der Waals surface area (Å²) in [7, 11) is 1.28. The van der Waals surface area contributed by atoms with Crippen molar-refractivity contribution in [2.75, 3.05) is 13.7 Å². The number of pyridine rings is 1. The Morgan fingerprint density at radius 2 is 1.67 bits per heavy atom. The fraction of sp³-hybridized carbons (Fsp3) is 0.342. The van der Waals surface area contributed by atoms with Crippen LogP contribution in [0.5, 0.6) is 0 Å². The quantitative estimate of drug-likeness (QED) is 0.201. The van der Waals surface area contributed by atoms with E-state index >= 15 is 0 Å². The van der Waals surface area contributed by atoms with Gasteiger partial charge in [0.25, 0.3) is 17.7 Å². The lowest BCUT2D eigenvalue weighted by Gasteiger charge is -2.45. The van der Waals surface area contributed by atoms with Gasteiger partial charge in [0.15, 0.2) is 12.4 Å². The average molecular weight is 761 g/mol. The Labute approximate surface area is 307 Å². The summed E-state index contributed by atoms with van der Waals surface area (Å²) < 4.78 is 12.0. The molecule has 0 bridgehead atoms. The third kappa shape index (κ3) is 8.59. The van der Waals surface area contributed by atoms with Crippen molar-refractivity contribution >= 4 is 41.1 Å². The maximum absolute atomic E-state index is 14.9. The number of aromatic nitrogens is 1. The van der Waals surface area contributed by atoms with Crippen molar-refractivity contribution in [1.29, 1.82) is 0 Å². The lowest BCUT2D eigenvalue weighted by Crippen LogP contribution is -3.00. The molecule has 5 rings (SSSR count). The molecule has 12 nitrogen and oxygen atoms in total. The minimum atomic E-state index is -1.48. The van der Waals surface area contributed by atoms with Crippen LogP contribution in [-0.2, 0) is 41.6 Å². The zero-order valence-electron chi connectivity index (χ0n) is 29.2. The summed E-state index contributed by atoms with van der Waals surface area (Å²) in [5.41, 5.74) is 7.21. The first-order valence-corrected chi connectivity index (χ1v) is 16.4. The highest BCUT2D eigenvalue weighted by Gasteiger charge is 2.50. The van der Waals surface area contributed by atoms with Crippen molar-refractivity contribution in [3.05, 3.63) is 108 Å². The van der Waals surface area contributed by atoms with E-state index in [4.69, 9.17) is 15.2 Å². The maximum atomic E-state index is 14.9. The third-order valence-corrected chi connectivity index (χ3v) is 8.65. The van der Waals surface area contributed by atoms with Gasteiger partial charge in [-0.05, 0) is 43.4 Å². The second-order valence-electron chi connectivity index (χ2n) is 13.4. The number of aliphatic imine (C=N–C) groups is 1. The fourth-order valence-corrected chi connectivity index (χ4v) is 6.26. The van der Waals surface area contributed by atoms with Crippen LogP contribution >= 0.6 is 0 Å². The molecule has 0 fully saturated rings. The number of primary amides is 1. The van der Waals surface area contributed by atoms with Crippen LogP contribution in [-0.4, -0.2) is 76.5 Å². The summed E-state index contributed by atoms with van der Waals surface area (Å²) in [6.45, 7) is 7.30. The zero-order valence-corrected chi connectivity index (χ0v) is 30.8. The van der Waals surface area contributed by atoms with E-state index in [2.05, 4.69) is 4.99 Å². The van der Waals surface area contributed by atoms with Gasteiger partial charge >= 0.3 is 5.97 Å². The Bertz CT molecular complexity index is 1850. The maximum Gasteiger partial charge on any atom is 0.372 e. The van der Waals surface area contributed by atoms with Crippen LogP contribution < -0.4 is 27.3 Å². The number of carbonyl (C=O) groups is 5. The number of benzene rings is 2. The molecular formula is C38H42BrN5O7. The van der Waals surface area contributed by atoms with Gasteiger partial charge in [0.2, 0.25) is 18.2 Å². The third-order valence-electron chi connectivity index (χ3n) is 8.65. The van der Waals surface area contributed by atoms with Gasteiger partial charge in [-0.1, -0.05) is 74.5 Å². The van der Waals surface area contributed by atoms with E-state index in [1.165, 1.54) is 33.9 Å². The van der Waals surface area contributed by atoms with Crippen molar-refractivity contribution < 1.29 is 55.0 Å². The Morgan fingerprint density at radius 3 is 2.24 bits per heavy atom. The molecule has 2 N–H and O–H groups in total. The standard InChI is InChI=1S/C38H41N5O7.BrH/c1-24(2)31-37(48)43(32(34(39)46)28(19-25-13-8-6-9-14-25)33(45)35-40-38(3,4)23-50-35)29(26-15-10-7-11-16-26)21-42(31)36(47)27-17-12-18-41(20-27)22-30(44)49-5;/h6-18,20-21,24,28,31-32H,19,22-23H2,1-5H3,(H-,39,46);1H/t28?,31?,32-;/m0./s1. The highest BCUT2D eigenvalue weighted by molar-refractivity contribution is 6.38. The number of nitrogens with two attached hydrogens (primary N) is 1. The number of ether oxygens (including phenoxy) is 2. The molecule has 0 saturated carbocycles. The van der Waals surface area contributed by atoms with E-state index in [1.54, 1.807) is 62.5 Å². The molecule has 1 aromatic heterocycles. The predicted molar refractivity (Wildman–Crippen MR) is 184 cm³/mol. The summed E-state index contributed by atoms with van der Waals surface area (Å²) in [5, 5.41) is 0. The summed E-state index contributed by atoms with van der Waals surface area (Å²) in [6.07, 6.45) is 4.73. The van der Waals surface area contributed by atoms with Crippen LogP contribution in [0.15, 0.2) is 96.4 Å². The Morgan fingerprint density at radius 1 is 1.02 bits per heavy atom. The van der Waals surface area contributed by atoms with Crippen LogP contribution in [0.4, 0.5) is 0 Å². The van der Waals surface area contributed by atoms with Crippen LogP contribution in [0, 0.1) is 11.8 Å². The van der Waals surface area contributed by atoms with Crippen molar-refractivity contribution in [2.45, 2.75) is 58.3 Å². The summed E-state index contributed by atoms with van der Waals surface area (Å²) >= 11 is 0. The first-order chi connectivity index (χ1) is 23.8. The lowest BCUT2D eigenvalue weighted by molar-refractivity contribution is -0.686. The van der Waals surface area contributed by atoms with Gasteiger partial charge in [-0.2, -0.15) is 4.57 Å². The van der Waals surface area contributed by atoms with Gasteiger partial charge in [-0.3, -0.25) is 29.0 Å². The number of ketones is 1. The number of halogens is 1. The summed E-state index contributed by atoms with van der Waals surface area (Å²) in [6, 6.07) is 18.6. The van der Waals surface area contributed by atoms with Gasteiger partial charge in [-0.15, -0.1) is 0 Å². The molecular weight excluding hydrogens is 718 g/mol. The molecule has 13 heteroatoms. The largest absolute Gasteiger partial charge is 1.00 e. The molecule has 3 atom stereocenters. The highest BCUT2D eigenvalue weighted by Crippen LogP contribution is 2.36. The van der Waals surface area contributed by atoms with E-state index < -0.39 is 58.9 Å². The normalized spacial score (nSPS) is 17.8. The molecule has 2 aliphatic rings. The van der Waals surface area contributed by atoms with Gasteiger partial charge in [-0.25, -0.2) is 9.79 Å². The molecule has 3 heterocycles. The Kier molecular flexibility index (Phi) is 12.3. The molecule has 2 aliphatic heterocycles. The van der Waals surface area contributed by atoms with Gasteiger partial charge in [0.05, 0.1) is 24.3 Å². The lowest BCUT2D eigenvalue weighted by atomic mass is 9.84. The number of hydrogen-bond acceptors (Lipinski definition) is 8. The molecule has 0 spiro atoms. The number of rotatable bonds is 12. The minimum absolute atomic E-state index is 0. The predicted octanol–water partition coefficient (Wildman–Crippen LogP) is -0.0521. The van der Waals surface area contributed by atoms with Crippen LogP contribution in [0.3, 0.4) is 0 Å². The van der Waals surface area contributed by atoms with Crippen LogP contribution in [0.25, 0.3) is 5.70 Å². The number of methoxy groups -OCH3 is 1. The molecule has 51 heavy (non-hydrogen) atoms. The molecule has 0 radical (unpaired) electrons. The minimum Gasteiger partial charge on any atom is -1.00 e. The van der Waals surface area contributed by atoms with E-state index in [1.807, 2.05) is 44.2 Å². The summed E-state index contributed by atoms with van der Waals surface area (Å²) in [4.78, 5) is 76.4. The van der Waals surface area contributed by atoms with Crippen molar-refractivity contribution in [2.24, 2.45) is 22.6 Å². The number of carbonyl (C=O) groups excluding carboxylic acids is 5. The van der Waals surface area contributed by atoms with Crippen LogP contribution in [0.2, 0.25) is 0 Å². The molecule has 2 aromatic carbocycles. The topological polar surface area (TPSA) is 153 Å². The smallest absolute Gasteiger partial charge is 0.372 e. The number of nitrogens with zero attached hydrogens (tertiary/aromatic N) is 4. The van der Waals surface area contributed by atoms with E-state index in [9.17, 15) is 24.0 Å². The number of esters is 1. The molecule has 0 saturated heterocycles. The van der Waals surface area contributed by atoms with Gasteiger partial charge in [0, 0.05) is 12.3 Å². The second-order valence-corrected chi connectivity index (χ2v) is 13.4. The monoisotopic (exact) mass is 759 g/mol. The first kappa shape index (κ1) is 38.6. The van der Waals surface area contributed by atoms with Gasteiger partial charge < -0.3 is 32.2 Å². The Hall–Kier alpha value is -5.17. The second kappa shape index (κ2) is 16.2. The average Bonchev–Trinajstić information content (AvgIpc) is 3.47. The summed E-state index contributed by atoms with van der Waals surface area (Å²) in [5.74, 6) is -4.79. The van der Waals surface area contributed by atoms with Crippen molar-refractivity contribution in [1.82, 2.24) is 9.80 Å². The first-order valence-electron chi connectivity index (χ1n) is 16.4. The molecule has 3 aromatic rings. The van der Waals surface area contributed by atoms with Crippen molar-refractivity contribution in [3.8, 4) is 0 Å². The molecule has 3 amide bonds. The zero-order chi connectivity index (χ0) is 36.2. The van der Waals surface area contributed by atoms with E-state index in [0.29, 0.717) is 5.56 Å². The molecule has 2 unspecified atom stereocenters. The number of amides is 3. The highest BCUT2D eigenvalue weighted by atomic mass is 79.9. The van der Waals surface area contributed by atoms with E-state index in [-0.39, 0.29) is 53.7 Å². The van der Waals surface area contributed by atoms with Crippen molar-refractivity contribution in [3.63, 3.8) is 0 Å². The van der Waals surface area contributed by atoms with E-state index in [0.717, 1.165) is 5.56 Å². The fourth-order valence-electron chi connectivity index (χ4n) is 6.26.